The third-order valence-corrected chi connectivity index (χ3v) is 18.8. The van der Waals surface area contributed by atoms with Gasteiger partial charge in [-0.25, -0.2) is 4.98 Å². The highest BCUT2D eigenvalue weighted by Gasteiger charge is 2.48. The topological polar surface area (TPSA) is 24.3 Å². The molecule has 7 aromatic carbocycles. The Morgan fingerprint density at radius 3 is 1.42 bits per heavy atom. The Balaban J connectivity index is 1.22. The molecule has 0 saturated carbocycles. The molecular weight excluding hydrogens is 920 g/mol. The maximum absolute atomic E-state index is 5.70. The molecule has 2 aliphatic carbocycles. The van der Waals surface area contributed by atoms with E-state index in [1.165, 1.54) is 96.6 Å². The molecule has 3 heterocycles. The van der Waals surface area contributed by atoms with Gasteiger partial charge in [0.15, 0.2) is 0 Å². The number of imidazole rings is 1. The van der Waals surface area contributed by atoms with Crippen molar-refractivity contribution >= 4 is 68.3 Å². The lowest BCUT2D eigenvalue weighted by atomic mass is 9.33. The monoisotopic (exact) mass is 1000 g/mol. The van der Waals surface area contributed by atoms with Crippen LogP contribution in [0.15, 0.2) is 133 Å². The van der Waals surface area contributed by atoms with Crippen LogP contribution in [0.4, 0.5) is 34.1 Å². The van der Waals surface area contributed by atoms with Gasteiger partial charge in [-0.1, -0.05) is 184 Å². The molecule has 0 atom stereocenters. The molecule has 4 aliphatic rings. The molecule has 1 aromatic heterocycles. The summed E-state index contributed by atoms with van der Waals surface area (Å²) in [7, 11) is 0. The van der Waals surface area contributed by atoms with Gasteiger partial charge < -0.3 is 9.80 Å². The summed E-state index contributed by atoms with van der Waals surface area (Å²) in [5.74, 6) is 0.949. The Bertz CT molecular complexity index is 3640. The highest BCUT2D eigenvalue weighted by Crippen LogP contribution is 2.53. The summed E-state index contributed by atoms with van der Waals surface area (Å²) in [4.78, 5) is 11.0. The molecule has 2 aliphatic heterocycles. The van der Waals surface area contributed by atoms with Crippen LogP contribution < -0.4 is 26.2 Å². The number of benzene rings is 7. The van der Waals surface area contributed by atoms with E-state index in [1.54, 1.807) is 0 Å². The van der Waals surface area contributed by atoms with Gasteiger partial charge in [0.2, 0.25) is 0 Å². The van der Waals surface area contributed by atoms with E-state index >= 15 is 0 Å². The summed E-state index contributed by atoms with van der Waals surface area (Å²) in [5.41, 5.74) is 25.8. The Labute approximate surface area is 456 Å². The molecule has 0 spiro atoms. The maximum atomic E-state index is 5.70. The van der Waals surface area contributed by atoms with E-state index in [0.29, 0.717) is 0 Å². The quantitative estimate of drug-likeness (QED) is 0.164. The zero-order valence-corrected chi connectivity index (χ0v) is 48.9. The van der Waals surface area contributed by atoms with Crippen LogP contribution >= 0.6 is 0 Å². The van der Waals surface area contributed by atoms with Gasteiger partial charge in [-0.05, 0) is 186 Å². The van der Waals surface area contributed by atoms with Gasteiger partial charge in [0.25, 0.3) is 6.71 Å². The van der Waals surface area contributed by atoms with Crippen molar-refractivity contribution in [2.75, 3.05) is 9.80 Å². The first kappa shape index (κ1) is 50.5. The van der Waals surface area contributed by atoms with Gasteiger partial charge in [-0.2, -0.15) is 0 Å². The van der Waals surface area contributed by atoms with Crippen LogP contribution in [0.3, 0.4) is 0 Å². The Morgan fingerprint density at radius 2 is 0.868 bits per heavy atom. The van der Waals surface area contributed by atoms with Crippen molar-refractivity contribution in [1.82, 2.24) is 9.55 Å². The molecule has 4 nitrogen and oxygen atoms in total. The number of aromatic nitrogens is 2. The summed E-state index contributed by atoms with van der Waals surface area (Å²) in [6, 6.07) is 52.5. The summed E-state index contributed by atoms with van der Waals surface area (Å²) >= 11 is 0. The molecule has 0 saturated heterocycles. The van der Waals surface area contributed by atoms with Gasteiger partial charge in [0, 0.05) is 45.4 Å². The molecule has 76 heavy (non-hydrogen) atoms. The second-order valence-electron chi connectivity index (χ2n) is 29.1. The smallest absolute Gasteiger partial charge is 0.252 e. The Kier molecular flexibility index (Phi) is 11.0. The van der Waals surface area contributed by atoms with Crippen LogP contribution in [0.25, 0.3) is 28.1 Å². The van der Waals surface area contributed by atoms with E-state index in [0.717, 1.165) is 46.6 Å². The number of hydrogen-bond acceptors (Lipinski definition) is 3. The van der Waals surface area contributed by atoms with Crippen molar-refractivity contribution in [3.63, 3.8) is 0 Å². The fraction of sp³-hybridized carbons (Fsp3) is 0.394. The van der Waals surface area contributed by atoms with Crippen LogP contribution in [0.5, 0.6) is 0 Å². The summed E-state index contributed by atoms with van der Waals surface area (Å²) in [5, 5.41) is 0. The number of fused-ring (bicyclic) bond motifs is 7. The van der Waals surface area contributed by atoms with Gasteiger partial charge in [-0.15, -0.1) is 0 Å². The normalized spacial score (nSPS) is 17.9. The summed E-state index contributed by atoms with van der Waals surface area (Å²) in [6.07, 6.45) is 4.66. The molecular formula is C71H81BN4. The predicted octanol–water partition coefficient (Wildman–Crippen LogP) is 17.4. The maximum Gasteiger partial charge on any atom is 0.252 e. The summed E-state index contributed by atoms with van der Waals surface area (Å²) < 4.78 is 2.42. The fourth-order valence-corrected chi connectivity index (χ4v) is 13.6. The third kappa shape index (κ3) is 7.94. The van der Waals surface area contributed by atoms with Gasteiger partial charge in [0.1, 0.15) is 5.82 Å². The molecule has 0 N–H and O–H groups in total. The molecule has 12 rings (SSSR count). The van der Waals surface area contributed by atoms with Crippen LogP contribution in [-0.4, -0.2) is 16.3 Å². The molecule has 388 valence electrons. The van der Waals surface area contributed by atoms with Gasteiger partial charge >= 0.3 is 0 Å². The lowest BCUT2D eigenvalue weighted by Gasteiger charge is -2.48. The average Bonchev–Trinajstić information content (AvgIpc) is 3.88. The van der Waals surface area contributed by atoms with Crippen molar-refractivity contribution in [2.45, 2.75) is 181 Å². The number of anilines is 6. The first-order chi connectivity index (χ1) is 35.5. The lowest BCUT2D eigenvalue weighted by Crippen LogP contribution is -2.62. The van der Waals surface area contributed by atoms with E-state index in [2.05, 4.69) is 266 Å². The van der Waals surface area contributed by atoms with Crippen molar-refractivity contribution in [1.29, 1.82) is 0 Å². The zero-order chi connectivity index (χ0) is 54.0. The highest BCUT2D eigenvalue weighted by molar-refractivity contribution is 7.00. The number of para-hydroxylation sites is 1. The molecule has 0 amide bonds. The number of hydrogen-bond donors (Lipinski definition) is 0. The number of nitrogens with zero attached hydrogens (tertiary/aromatic N) is 4. The zero-order valence-electron chi connectivity index (χ0n) is 48.9. The van der Waals surface area contributed by atoms with Crippen LogP contribution in [-0.2, 0) is 37.9 Å². The summed E-state index contributed by atoms with van der Waals surface area (Å²) in [6.45, 7) is 40.7. The second-order valence-corrected chi connectivity index (χ2v) is 29.1. The molecule has 0 bridgehead atoms. The molecule has 0 radical (unpaired) electrons. The largest absolute Gasteiger partial charge is 0.311 e. The van der Waals surface area contributed by atoms with Crippen LogP contribution in [0.1, 0.15) is 182 Å². The second kappa shape index (κ2) is 16.6. The van der Waals surface area contributed by atoms with Crippen LogP contribution in [0.2, 0.25) is 0 Å². The Morgan fingerprint density at radius 1 is 0.408 bits per heavy atom. The predicted molar refractivity (Wildman–Crippen MR) is 327 cm³/mol. The van der Waals surface area contributed by atoms with Crippen molar-refractivity contribution in [2.24, 2.45) is 0 Å². The fourth-order valence-electron chi connectivity index (χ4n) is 13.6. The molecule has 0 unspecified atom stereocenters. The number of rotatable bonds is 4. The minimum Gasteiger partial charge on any atom is -0.311 e. The van der Waals surface area contributed by atoms with Gasteiger partial charge in [-0.3, -0.25) is 4.57 Å². The van der Waals surface area contributed by atoms with E-state index in [-0.39, 0.29) is 44.6 Å². The van der Waals surface area contributed by atoms with E-state index in [1.807, 2.05) is 0 Å². The third-order valence-electron chi connectivity index (χ3n) is 18.8. The van der Waals surface area contributed by atoms with Crippen molar-refractivity contribution in [3.8, 4) is 17.1 Å². The van der Waals surface area contributed by atoms with E-state index in [9.17, 15) is 0 Å². The average molecular weight is 1000 g/mol. The minimum absolute atomic E-state index is 0.0109. The highest BCUT2D eigenvalue weighted by atomic mass is 15.2. The first-order valence-electron chi connectivity index (χ1n) is 28.5. The van der Waals surface area contributed by atoms with Crippen molar-refractivity contribution in [3.05, 3.63) is 172 Å². The first-order valence-corrected chi connectivity index (χ1v) is 28.5. The molecule has 8 aromatic rings. The molecule has 5 heteroatoms. The lowest BCUT2D eigenvalue weighted by molar-refractivity contribution is 0.332. The molecule has 0 fully saturated rings. The standard InChI is InChI=1S/C71H81BN4/c1-65(2,3)45-25-23-44(24-26-45)64-73-57-43-59-56(42-60(57)76(64)48-21-19-18-20-22-48)72-55-40-53-54(71(16,17)36-35-70(53,14)15)41-58(55)75(50-31-32-51-52(39-50)69(12,13)34-33-68(51,10)11)62-38-47(67(7,8)9)37-61(63(62)72)74(59)49-29-27-46(28-30-49)66(4,5)6/h18-32,37-43H,33-36H2,1-17H3. The van der Waals surface area contributed by atoms with E-state index in [4.69, 9.17) is 4.98 Å². The van der Waals surface area contributed by atoms with Crippen LogP contribution in [0, 0.1) is 0 Å². The SMILES string of the molecule is CC(C)(C)c1ccc(-c2nc3cc4c(cc3n2-c2ccccc2)B2c3cc5c(cc3N(c3ccc6c(c3)C(C)(C)CCC6(C)C)c3cc(C(C)(C)C)cc(c32)N4c2ccc(C(C)(C)C)cc2)C(C)(C)CCC5(C)C)cc1. The van der Waals surface area contributed by atoms with Gasteiger partial charge in [0.05, 0.1) is 11.0 Å². The minimum atomic E-state index is -0.144. The van der Waals surface area contributed by atoms with E-state index < -0.39 is 0 Å². The Hall–Kier alpha value is -6.33. The van der Waals surface area contributed by atoms with Crippen molar-refractivity contribution < 1.29 is 0 Å².